The van der Waals surface area contributed by atoms with Crippen LogP contribution in [0.1, 0.15) is 37.9 Å². The van der Waals surface area contributed by atoms with E-state index in [2.05, 4.69) is 83.1 Å². The molecule has 1 atom stereocenters. The molecule has 29 heavy (non-hydrogen) atoms. The smallest absolute Gasteiger partial charge is 0.191 e. The van der Waals surface area contributed by atoms with E-state index >= 15 is 0 Å². The number of nitrogens with zero attached hydrogens (tertiary/aromatic N) is 2. The molecule has 3 N–H and O–H groups in total. The normalized spacial score (nSPS) is 13.3. The number of benzene rings is 2. The van der Waals surface area contributed by atoms with Crippen molar-refractivity contribution >= 4 is 16.9 Å². The van der Waals surface area contributed by atoms with Crippen LogP contribution in [0.4, 0.5) is 0 Å². The Labute approximate surface area is 173 Å². The minimum Gasteiger partial charge on any atom is -0.355 e. The zero-order chi connectivity index (χ0) is 20.7. The average molecular weight is 390 g/mol. The molecule has 0 aliphatic rings. The number of guanidine groups is 1. The van der Waals surface area contributed by atoms with Crippen LogP contribution in [0.25, 0.3) is 10.9 Å². The molecule has 0 saturated heterocycles. The van der Waals surface area contributed by atoms with E-state index in [-0.39, 0.29) is 11.6 Å². The van der Waals surface area contributed by atoms with Gasteiger partial charge < -0.3 is 16.0 Å². The first kappa shape index (κ1) is 20.8. The predicted molar refractivity (Wildman–Crippen MR) is 122 cm³/mol. The average Bonchev–Trinajstić information content (AvgIpc) is 2.74. The molecule has 3 rings (SSSR count). The third-order valence-corrected chi connectivity index (χ3v) is 5.01. The highest BCUT2D eigenvalue weighted by molar-refractivity contribution is 5.83. The minimum atomic E-state index is -0.101. The lowest BCUT2D eigenvalue weighted by molar-refractivity contribution is 0.345. The summed E-state index contributed by atoms with van der Waals surface area (Å²) >= 11 is 0. The Balaban J connectivity index is 1.55. The molecule has 3 aromatic rings. The van der Waals surface area contributed by atoms with Crippen LogP contribution in [0, 0.1) is 0 Å². The van der Waals surface area contributed by atoms with E-state index in [1.54, 1.807) is 7.05 Å². The van der Waals surface area contributed by atoms with Crippen molar-refractivity contribution in [3.05, 3.63) is 78.0 Å². The lowest BCUT2D eigenvalue weighted by Crippen LogP contribution is -2.52. The lowest BCUT2D eigenvalue weighted by Gasteiger charge is -2.31. The van der Waals surface area contributed by atoms with Gasteiger partial charge in [-0.3, -0.25) is 9.98 Å². The van der Waals surface area contributed by atoms with E-state index in [9.17, 15) is 0 Å². The van der Waals surface area contributed by atoms with Gasteiger partial charge in [0.05, 0.1) is 5.52 Å². The van der Waals surface area contributed by atoms with Gasteiger partial charge >= 0.3 is 0 Å². The molecule has 0 aliphatic heterocycles. The number of hydrogen-bond acceptors (Lipinski definition) is 3. The van der Waals surface area contributed by atoms with Gasteiger partial charge in [0.1, 0.15) is 0 Å². The van der Waals surface area contributed by atoms with Crippen molar-refractivity contribution in [3.8, 4) is 0 Å². The third kappa shape index (κ3) is 5.78. The van der Waals surface area contributed by atoms with Gasteiger partial charge in [-0.1, -0.05) is 48.5 Å². The highest BCUT2D eigenvalue weighted by atomic mass is 15.2. The van der Waals surface area contributed by atoms with Gasteiger partial charge in [0, 0.05) is 43.3 Å². The lowest BCUT2D eigenvalue weighted by atomic mass is 10.0. The monoisotopic (exact) mass is 389 g/mol. The van der Waals surface area contributed by atoms with E-state index in [1.807, 2.05) is 30.5 Å². The molecular formula is C24H31N5. The van der Waals surface area contributed by atoms with Crippen LogP contribution in [-0.4, -0.2) is 30.1 Å². The molecule has 1 heterocycles. The first-order chi connectivity index (χ1) is 14.0. The van der Waals surface area contributed by atoms with Crippen LogP contribution in [0.2, 0.25) is 0 Å². The van der Waals surface area contributed by atoms with Gasteiger partial charge in [0.25, 0.3) is 0 Å². The van der Waals surface area contributed by atoms with E-state index in [0.717, 1.165) is 23.4 Å². The second kappa shape index (κ2) is 9.52. The summed E-state index contributed by atoms with van der Waals surface area (Å²) in [7, 11) is 1.80. The zero-order valence-corrected chi connectivity index (χ0v) is 17.7. The van der Waals surface area contributed by atoms with Crippen LogP contribution in [0.15, 0.2) is 71.9 Å². The van der Waals surface area contributed by atoms with Gasteiger partial charge in [0.2, 0.25) is 0 Å². The number of pyridine rings is 1. The van der Waals surface area contributed by atoms with Crippen molar-refractivity contribution in [2.45, 2.75) is 38.9 Å². The summed E-state index contributed by atoms with van der Waals surface area (Å²) in [6.07, 6.45) is 1.85. The molecule has 0 aliphatic carbocycles. The fourth-order valence-corrected chi connectivity index (χ4v) is 3.48. The minimum absolute atomic E-state index is 0.101. The van der Waals surface area contributed by atoms with Crippen molar-refractivity contribution in [2.24, 2.45) is 4.99 Å². The SMILES string of the molecule is CN=C(NCc1ccnc2ccccc12)NCC(C)(C)NC(C)c1ccccc1. The standard InChI is InChI=1S/C24H31N5/c1-18(19-10-6-5-7-11-19)29-24(2,3)17-28-23(25-4)27-16-20-14-15-26-22-13-9-8-12-21(20)22/h5-15,18,29H,16-17H2,1-4H3,(H2,25,27,28). The molecule has 0 saturated carbocycles. The quantitative estimate of drug-likeness (QED) is 0.422. The van der Waals surface area contributed by atoms with Crippen LogP contribution >= 0.6 is 0 Å². The van der Waals surface area contributed by atoms with Crippen LogP contribution in [-0.2, 0) is 6.54 Å². The number of rotatable bonds is 7. The van der Waals surface area contributed by atoms with E-state index < -0.39 is 0 Å². The zero-order valence-electron chi connectivity index (χ0n) is 17.7. The van der Waals surface area contributed by atoms with Gasteiger partial charge in [-0.25, -0.2) is 0 Å². The number of fused-ring (bicyclic) bond motifs is 1. The molecule has 152 valence electrons. The van der Waals surface area contributed by atoms with Crippen molar-refractivity contribution < 1.29 is 0 Å². The summed E-state index contributed by atoms with van der Waals surface area (Å²) in [5.74, 6) is 0.785. The molecule has 0 radical (unpaired) electrons. The van der Waals surface area contributed by atoms with Gasteiger partial charge in [-0.05, 0) is 44.0 Å². The van der Waals surface area contributed by atoms with Crippen molar-refractivity contribution in [3.63, 3.8) is 0 Å². The second-order valence-corrected chi connectivity index (χ2v) is 7.93. The maximum Gasteiger partial charge on any atom is 0.191 e. The summed E-state index contributed by atoms with van der Waals surface area (Å²) in [6.45, 7) is 8.03. The molecule has 2 aromatic carbocycles. The largest absolute Gasteiger partial charge is 0.355 e. The Bertz CT molecular complexity index is 944. The molecule has 5 heteroatoms. The third-order valence-electron chi connectivity index (χ3n) is 5.01. The van der Waals surface area contributed by atoms with Gasteiger partial charge in [-0.2, -0.15) is 0 Å². The number of aromatic nitrogens is 1. The van der Waals surface area contributed by atoms with Crippen LogP contribution in [0.3, 0.4) is 0 Å². The summed E-state index contributed by atoms with van der Waals surface area (Å²) < 4.78 is 0. The summed E-state index contributed by atoms with van der Waals surface area (Å²) in [5, 5.41) is 11.7. The van der Waals surface area contributed by atoms with Gasteiger partial charge in [-0.15, -0.1) is 0 Å². The van der Waals surface area contributed by atoms with Crippen molar-refractivity contribution in [2.75, 3.05) is 13.6 Å². The van der Waals surface area contributed by atoms with Crippen molar-refractivity contribution in [1.29, 1.82) is 0 Å². The molecule has 0 spiro atoms. The Hall–Kier alpha value is -2.92. The number of aliphatic imine (C=N–C) groups is 1. The van der Waals surface area contributed by atoms with Crippen LogP contribution < -0.4 is 16.0 Å². The molecular weight excluding hydrogens is 358 g/mol. The number of para-hydroxylation sites is 1. The van der Waals surface area contributed by atoms with E-state index in [4.69, 9.17) is 0 Å². The molecule has 1 aromatic heterocycles. The summed E-state index contributed by atoms with van der Waals surface area (Å²) in [4.78, 5) is 8.80. The Morgan fingerprint density at radius 3 is 2.48 bits per heavy atom. The topological polar surface area (TPSA) is 61.3 Å². The highest BCUT2D eigenvalue weighted by Crippen LogP contribution is 2.17. The fourth-order valence-electron chi connectivity index (χ4n) is 3.48. The number of nitrogens with one attached hydrogen (secondary N) is 3. The predicted octanol–water partition coefficient (Wildman–Crippen LogP) is 4.03. The molecule has 1 unspecified atom stereocenters. The summed E-state index contributed by atoms with van der Waals surface area (Å²) in [5.41, 5.74) is 3.40. The second-order valence-electron chi connectivity index (χ2n) is 7.93. The maximum atomic E-state index is 4.43. The van der Waals surface area contributed by atoms with Crippen molar-refractivity contribution in [1.82, 2.24) is 20.9 Å². The first-order valence-corrected chi connectivity index (χ1v) is 10.1. The number of hydrogen-bond donors (Lipinski definition) is 3. The van der Waals surface area contributed by atoms with Gasteiger partial charge in [0.15, 0.2) is 5.96 Å². The van der Waals surface area contributed by atoms with E-state index in [0.29, 0.717) is 6.54 Å². The Morgan fingerprint density at radius 2 is 1.72 bits per heavy atom. The fraction of sp³-hybridized carbons (Fsp3) is 0.333. The summed E-state index contributed by atoms with van der Waals surface area (Å²) in [6, 6.07) is 21.0. The molecule has 0 amide bonds. The van der Waals surface area contributed by atoms with E-state index in [1.165, 1.54) is 11.1 Å². The Morgan fingerprint density at radius 1 is 1.00 bits per heavy atom. The molecule has 0 fully saturated rings. The highest BCUT2D eigenvalue weighted by Gasteiger charge is 2.21. The maximum absolute atomic E-state index is 4.43. The molecule has 0 bridgehead atoms. The first-order valence-electron chi connectivity index (χ1n) is 10.1. The Kier molecular flexibility index (Phi) is 6.83. The molecule has 5 nitrogen and oxygen atoms in total. The van der Waals surface area contributed by atoms with Crippen LogP contribution in [0.5, 0.6) is 0 Å².